The zero-order chi connectivity index (χ0) is 5.70. The SMILES string of the molecule is CCCOC(=S)Cl. The van der Waals surface area contributed by atoms with Crippen molar-refractivity contribution in [2.75, 3.05) is 6.61 Å². The molecule has 0 saturated carbocycles. The standard InChI is InChI=1S/C4H7ClOS/c1-2-3-6-4(5)7/h2-3H2,1H3. The maximum atomic E-state index is 5.17. The zero-order valence-electron chi connectivity index (χ0n) is 4.11. The molecular formula is C4H7ClOS. The van der Waals surface area contributed by atoms with E-state index in [0.717, 1.165) is 6.42 Å². The molecule has 0 amide bonds. The molecule has 0 spiro atoms. The van der Waals surface area contributed by atoms with E-state index in [1.807, 2.05) is 6.92 Å². The van der Waals surface area contributed by atoms with Gasteiger partial charge in [-0.25, -0.2) is 0 Å². The highest BCUT2D eigenvalue weighted by Gasteiger charge is 1.84. The Hall–Kier alpha value is 0.180. The molecule has 0 aromatic heterocycles. The normalized spacial score (nSPS) is 8.29. The van der Waals surface area contributed by atoms with E-state index in [0.29, 0.717) is 6.61 Å². The first-order valence-electron chi connectivity index (χ1n) is 2.09. The third kappa shape index (κ3) is 6.18. The smallest absolute Gasteiger partial charge is 0.255 e. The lowest BCUT2D eigenvalue weighted by molar-refractivity contribution is 0.321. The molecule has 0 aliphatic heterocycles. The van der Waals surface area contributed by atoms with Crippen molar-refractivity contribution in [3.8, 4) is 0 Å². The molecule has 0 N–H and O–H groups in total. The average Bonchev–Trinajstić information content (AvgIpc) is 1.61. The highest BCUT2D eigenvalue weighted by Crippen LogP contribution is 1.88. The van der Waals surface area contributed by atoms with Crippen LogP contribution in [0.5, 0.6) is 0 Å². The molecule has 0 bridgehead atoms. The van der Waals surface area contributed by atoms with Crippen molar-refractivity contribution in [1.29, 1.82) is 0 Å². The second-order valence-electron chi connectivity index (χ2n) is 1.09. The minimum atomic E-state index is 0.113. The van der Waals surface area contributed by atoms with Crippen molar-refractivity contribution < 1.29 is 4.74 Å². The van der Waals surface area contributed by atoms with Crippen LogP contribution in [0.15, 0.2) is 0 Å². The van der Waals surface area contributed by atoms with Crippen LogP contribution in [0.1, 0.15) is 13.3 Å². The van der Waals surface area contributed by atoms with Crippen LogP contribution in [-0.2, 0) is 4.74 Å². The highest BCUT2D eigenvalue weighted by atomic mass is 35.5. The van der Waals surface area contributed by atoms with Gasteiger partial charge < -0.3 is 4.74 Å². The predicted octanol–water partition coefficient (Wildman–Crippen LogP) is 1.94. The van der Waals surface area contributed by atoms with E-state index < -0.39 is 0 Å². The summed E-state index contributed by atoms with van der Waals surface area (Å²) in [6.45, 7) is 2.62. The van der Waals surface area contributed by atoms with Crippen molar-refractivity contribution in [2.24, 2.45) is 0 Å². The summed E-state index contributed by atoms with van der Waals surface area (Å²) in [6.07, 6.45) is 0.951. The molecular weight excluding hydrogens is 132 g/mol. The lowest BCUT2D eigenvalue weighted by Crippen LogP contribution is -1.92. The fourth-order valence-corrected chi connectivity index (χ4v) is 0.343. The molecule has 0 unspecified atom stereocenters. The van der Waals surface area contributed by atoms with Crippen LogP contribution in [-0.4, -0.2) is 11.1 Å². The van der Waals surface area contributed by atoms with Gasteiger partial charge in [-0.2, -0.15) is 0 Å². The summed E-state index contributed by atoms with van der Waals surface area (Å²) in [5, 5.41) is 0. The van der Waals surface area contributed by atoms with E-state index in [1.54, 1.807) is 0 Å². The van der Waals surface area contributed by atoms with Gasteiger partial charge >= 0.3 is 0 Å². The lowest BCUT2D eigenvalue weighted by atomic mass is 10.5. The lowest BCUT2D eigenvalue weighted by Gasteiger charge is -1.94. The van der Waals surface area contributed by atoms with Gasteiger partial charge in [-0.1, -0.05) is 6.92 Å². The van der Waals surface area contributed by atoms with Crippen LogP contribution in [0.4, 0.5) is 0 Å². The third-order valence-corrected chi connectivity index (χ3v) is 0.647. The average molecular weight is 139 g/mol. The molecule has 0 aliphatic rings. The number of thiocarbonyl (C=S) groups is 1. The molecule has 0 saturated heterocycles. The van der Waals surface area contributed by atoms with E-state index in [1.165, 1.54) is 0 Å². The van der Waals surface area contributed by atoms with E-state index in [2.05, 4.69) is 17.0 Å². The number of ether oxygens (including phenoxy) is 1. The van der Waals surface area contributed by atoms with Gasteiger partial charge in [0.1, 0.15) is 0 Å². The van der Waals surface area contributed by atoms with Crippen LogP contribution in [0.2, 0.25) is 0 Å². The summed E-state index contributed by atoms with van der Waals surface area (Å²) in [5.74, 6) is 0. The molecule has 0 rings (SSSR count). The van der Waals surface area contributed by atoms with E-state index in [-0.39, 0.29) is 4.51 Å². The van der Waals surface area contributed by atoms with Crippen LogP contribution in [0, 0.1) is 0 Å². The molecule has 1 nitrogen and oxygen atoms in total. The molecule has 0 aromatic rings. The van der Waals surface area contributed by atoms with Crippen molar-refractivity contribution >= 4 is 28.3 Å². The highest BCUT2D eigenvalue weighted by molar-refractivity contribution is 7.82. The second kappa shape index (κ2) is 4.34. The van der Waals surface area contributed by atoms with Gasteiger partial charge in [0.05, 0.1) is 6.61 Å². The second-order valence-corrected chi connectivity index (χ2v) is 2.02. The van der Waals surface area contributed by atoms with E-state index in [4.69, 9.17) is 11.6 Å². The topological polar surface area (TPSA) is 9.23 Å². The quantitative estimate of drug-likeness (QED) is 0.426. The van der Waals surface area contributed by atoms with Crippen molar-refractivity contribution in [1.82, 2.24) is 0 Å². The maximum absolute atomic E-state index is 5.17. The van der Waals surface area contributed by atoms with Gasteiger partial charge in [0.15, 0.2) is 0 Å². The monoisotopic (exact) mass is 138 g/mol. The first-order valence-corrected chi connectivity index (χ1v) is 2.88. The summed E-state index contributed by atoms with van der Waals surface area (Å²) in [6, 6.07) is 0. The first-order chi connectivity index (χ1) is 3.27. The van der Waals surface area contributed by atoms with Gasteiger partial charge in [-0.15, -0.1) is 0 Å². The van der Waals surface area contributed by atoms with Crippen LogP contribution in [0.25, 0.3) is 0 Å². The Labute approximate surface area is 53.6 Å². The van der Waals surface area contributed by atoms with Gasteiger partial charge in [0, 0.05) is 0 Å². The molecule has 0 aromatic carbocycles. The fraction of sp³-hybridized carbons (Fsp3) is 0.750. The molecule has 0 radical (unpaired) electrons. The summed E-state index contributed by atoms with van der Waals surface area (Å²) in [7, 11) is 0. The van der Waals surface area contributed by atoms with E-state index >= 15 is 0 Å². The molecule has 0 heterocycles. The first kappa shape index (κ1) is 7.18. The fourth-order valence-electron chi connectivity index (χ4n) is 0.182. The van der Waals surface area contributed by atoms with Gasteiger partial charge in [-0.05, 0) is 30.2 Å². The summed E-state index contributed by atoms with van der Waals surface area (Å²) in [4.78, 5) is 0. The Bertz CT molecular complexity index is 64.7. The van der Waals surface area contributed by atoms with Crippen molar-refractivity contribution in [3.63, 3.8) is 0 Å². The van der Waals surface area contributed by atoms with Crippen LogP contribution < -0.4 is 0 Å². The Morgan fingerprint density at radius 3 is 2.57 bits per heavy atom. The third-order valence-electron chi connectivity index (χ3n) is 0.420. The molecule has 0 atom stereocenters. The zero-order valence-corrected chi connectivity index (χ0v) is 5.68. The molecule has 7 heavy (non-hydrogen) atoms. The Morgan fingerprint density at radius 2 is 2.43 bits per heavy atom. The molecule has 42 valence electrons. The Kier molecular flexibility index (Phi) is 4.45. The Balaban J connectivity index is 2.82. The predicted molar refractivity (Wildman–Crippen MR) is 34.7 cm³/mol. The summed E-state index contributed by atoms with van der Waals surface area (Å²) >= 11 is 9.57. The van der Waals surface area contributed by atoms with Gasteiger partial charge in [-0.3, -0.25) is 0 Å². The van der Waals surface area contributed by atoms with Crippen molar-refractivity contribution in [2.45, 2.75) is 13.3 Å². The minimum Gasteiger partial charge on any atom is -0.475 e. The number of halogens is 1. The van der Waals surface area contributed by atoms with Crippen LogP contribution in [0.3, 0.4) is 0 Å². The van der Waals surface area contributed by atoms with Gasteiger partial charge in [0.2, 0.25) is 0 Å². The summed E-state index contributed by atoms with van der Waals surface area (Å²) in [5.41, 5.74) is 0. The Morgan fingerprint density at radius 1 is 1.86 bits per heavy atom. The van der Waals surface area contributed by atoms with Gasteiger partial charge in [0.25, 0.3) is 4.51 Å². The number of rotatable bonds is 2. The van der Waals surface area contributed by atoms with Crippen molar-refractivity contribution in [3.05, 3.63) is 0 Å². The molecule has 0 fully saturated rings. The van der Waals surface area contributed by atoms with Crippen LogP contribution >= 0.6 is 23.8 Å². The minimum absolute atomic E-state index is 0.113. The molecule has 0 aliphatic carbocycles. The number of hydrogen-bond donors (Lipinski definition) is 0. The summed E-state index contributed by atoms with van der Waals surface area (Å²) < 4.78 is 4.80. The van der Waals surface area contributed by atoms with E-state index in [9.17, 15) is 0 Å². The number of hydrogen-bond acceptors (Lipinski definition) is 2. The largest absolute Gasteiger partial charge is 0.475 e. The molecule has 3 heteroatoms. The maximum Gasteiger partial charge on any atom is 0.255 e.